The van der Waals surface area contributed by atoms with Crippen molar-refractivity contribution in [3.8, 4) is 0 Å². The Hall–Kier alpha value is -1.78. The summed E-state index contributed by atoms with van der Waals surface area (Å²) in [5.41, 5.74) is 1.82. The Morgan fingerprint density at radius 1 is 1.20 bits per heavy atom. The van der Waals surface area contributed by atoms with Gasteiger partial charge in [-0.15, -0.1) is 0 Å². The maximum atomic E-state index is 12.3. The lowest BCUT2D eigenvalue weighted by molar-refractivity contribution is 0.0696. The molecule has 4 heteroatoms. The second-order valence-corrected chi connectivity index (χ2v) is 5.90. The maximum Gasteiger partial charge on any atom is 0.336 e. The number of aryl methyl sites for hydroxylation is 1. The van der Waals surface area contributed by atoms with E-state index in [0.717, 1.165) is 12.0 Å². The summed E-state index contributed by atoms with van der Waals surface area (Å²) < 4.78 is 12.3. The van der Waals surface area contributed by atoms with Crippen LogP contribution in [0.2, 0.25) is 0 Å². The third-order valence-corrected chi connectivity index (χ3v) is 4.48. The van der Waals surface area contributed by atoms with E-state index >= 15 is 0 Å². The molecule has 1 unspecified atom stereocenters. The number of carboxylic acid groups (broad SMARTS) is 1. The monoisotopic (exact) mass is 288 g/mol. The highest BCUT2D eigenvalue weighted by Crippen LogP contribution is 2.20. The molecule has 1 N–H and O–H groups in total. The first-order valence-electron chi connectivity index (χ1n) is 6.40. The molecule has 2 aromatic rings. The van der Waals surface area contributed by atoms with E-state index < -0.39 is 17.1 Å². The quantitative estimate of drug-likeness (QED) is 0.859. The molecule has 0 fully saturated rings. The summed E-state index contributed by atoms with van der Waals surface area (Å²) in [7, 11) is 0. The first-order chi connectivity index (χ1) is 9.61. The number of carboxylic acids is 1. The van der Waals surface area contributed by atoms with E-state index in [2.05, 4.69) is 0 Å². The van der Waals surface area contributed by atoms with E-state index in [-0.39, 0.29) is 11.3 Å². The Morgan fingerprint density at radius 3 is 2.50 bits per heavy atom. The third-order valence-electron chi connectivity index (χ3n) is 3.11. The van der Waals surface area contributed by atoms with Crippen molar-refractivity contribution in [3.05, 3.63) is 65.2 Å². The van der Waals surface area contributed by atoms with E-state index in [9.17, 15) is 14.5 Å². The van der Waals surface area contributed by atoms with Crippen LogP contribution in [0, 0.1) is 0 Å². The van der Waals surface area contributed by atoms with Gasteiger partial charge in [0.15, 0.2) is 4.90 Å². The Bertz CT molecular complexity index is 596. The summed E-state index contributed by atoms with van der Waals surface area (Å²) in [6.45, 7) is 1.97. The molecule has 0 aromatic heterocycles. The molecule has 20 heavy (non-hydrogen) atoms. The van der Waals surface area contributed by atoms with Crippen molar-refractivity contribution in [2.45, 2.75) is 24.0 Å². The van der Waals surface area contributed by atoms with Crippen molar-refractivity contribution >= 4 is 17.1 Å². The van der Waals surface area contributed by atoms with Gasteiger partial charge in [-0.05, 0) is 41.4 Å². The molecule has 2 aromatic carbocycles. The average molecular weight is 288 g/mol. The molecule has 0 aliphatic carbocycles. The van der Waals surface area contributed by atoms with Crippen LogP contribution in [0.4, 0.5) is 0 Å². The Morgan fingerprint density at radius 2 is 1.90 bits per heavy atom. The molecule has 104 valence electrons. The fourth-order valence-corrected chi connectivity index (χ4v) is 3.13. The zero-order valence-electron chi connectivity index (χ0n) is 11.2. The first-order valence-corrected chi connectivity index (χ1v) is 7.72. The van der Waals surface area contributed by atoms with Crippen LogP contribution in [0.1, 0.15) is 28.4 Å². The van der Waals surface area contributed by atoms with Crippen molar-refractivity contribution in [1.82, 2.24) is 0 Å². The summed E-state index contributed by atoms with van der Waals surface area (Å²) in [5.74, 6) is -0.754. The highest BCUT2D eigenvalue weighted by Gasteiger charge is 2.17. The van der Waals surface area contributed by atoms with Crippen LogP contribution in [0.5, 0.6) is 0 Å². The molecular weight excluding hydrogens is 272 g/mol. The van der Waals surface area contributed by atoms with E-state index in [1.165, 1.54) is 0 Å². The van der Waals surface area contributed by atoms with Crippen molar-refractivity contribution in [1.29, 1.82) is 0 Å². The van der Waals surface area contributed by atoms with Gasteiger partial charge in [0, 0.05) is 5.56 Å². The Kier molecular flexibility index (Phi) is 4.82. The van der Waals surface area contributed by atoms with Gasteiger partial charge in [0.25, 0.3) is 0 Å². The normalized spacial score (nSPS) is 12.1. The molecule has 0 saturated heterocycles. The van der Waals surface area contributed by atoms with E-state index in [1.54, 1.807) is 24.3 Å². The summed E-state index contributed by atoms with van der Waals surface area (Å²) >= 11 is -1.23. The van der Waals surface area contributed by atoms with Crippen LogP contribution in [-0.4, -0.2) is 15.6 Å². The molecule has 1 atom stereocenters. The van der Waals surface area contributed by atoms with Gasteiger partial charge in [-0.25, -0.2) is 4.79 Å². The highest BCUT2D eigenvalue weighted by molar-refractivity contribution is 7.90. The van der Waals surface area contributed by atoms with Gasteiger partial charge in [0.2, 0.25) is 0 Å². The number of hydrogen-bond acceptors (Lipinski definition) is 2. The van der Waals surface area contributed by atoms with Crippen LogP contribution in [0.25, 0.3) is 0 Å². The number of carbonyl (C=O) groups is 1. The molecule has 0 radical (unpaired) electrons. The largest absolute Gasteiger partial charge is 0.611 e. The molecule has 0 heterocycles. The standard InChI is InChI=1S/C16H16O3S/c1-2-12-8-9-13(15(10-12)16(17)18)11-20(19)14-6-4-3-5-7-14/h3-10H,2,11H2,1H3,(H,17,18). The van der Waals surface area contributed by atoms with E-state index in [0.29, 0.717) is 10.5 Å². The lowest BCUT2D eigenvalue weighted by Gasteiger charge is -2.12. The number of rotatable bonds is 5. The van der Waals surface area contributed by atoms with Crippen molar-refractivity contribution < 1.29 is 14.5 Å². The zero-order chi connectivity index (χ0) is 14.5. The molecule has 0 aliphatic rings. The summed E-state index contributed by atoms with van der Waals surface area (Å²) in [5, 5.41) is 9.27. The molecule has 0 aliphatic heterocycles. The van der Waals surface area contributed by atoms with Gasteiger partial charge in [-0.3, -0.25) is 0 Å². The van der Waals surface area contributed by atoms with Gasteiger partial charge in [-0.2, -0.15) is 0 Å². The molecule has 0 bridgehead atoms. The van der Waals surface area contributed by atoms with Gasteiger partial charge < -0.3 is 9.66 Å². The Balaban J connectivity index is 2.27. The molecular formula is C16H16O3S. The fourth-order valence-electron chi connectivity index (χ4n) is 1.97. The molecule has 2 rings (SSSR count). The summed E-state index contributed by atoms with van der Waals surface area (Å²) in [6.07, 6.45) is 0.780. The predicted octanol–water partition coefficient (Wildman–Crippen LogP) is 3.26. The molecule has 0 amide bonds. The lowest BCUT2D eigenvalue weighted by Crippen LogP contribution is -2.10. The minimum Gasteiger partial charge on any atom is -0.611 e. The zero-order valence-corrected chi connectivity index (χ0v) is 12.0. The first kappa shape index (κ1) is 14.6. The molecule has 3 nitrogen and oxygen atoms in total. The van der Waals surface area contributed by atoms with Crippen molar-refractivity contribution in [2.24, 2.45) is 0 Å². The van der Waals surface area contributed by atoms with Crippen LogP contribution >= 0.6 is 0 Å². The maximum absolute atomic E-state index is 12.3. The fraction of sp³-hybridized carbons (Fsp3) is 0.188. The van der Waals surface area contributed by atoms with Crippen molar-refractivity contribution in [2.75, 3.05) is 0 Å². The number of benzene rings is 2. The van der Waals surface area contributed by atoms with Gasteiger partial charge in [0.05, 0.1) is 5.56 Å². The topological polar surface area (TPSA) is 60.4 Å². The van der Waals surface area contributed by atoms with Gasteiger partial charge in [0.1, 0.15) is 5.75 Å². The average Bonchev–Trinajstić information content (AvgIpc) is 2.48. The number of hydrogen-bond donors (Lipinski definition) is 1. The van der Waals surface area contributed by atoms with Crippen LogP contribution in [0.15, 0.2) is 53.4 Å². The number of aromatic carboxylic acids is 1. The SMILES string of the molecule is CCc1ccc(C[S+]([O-])c2ccccc2)c(C(=O)O)c1. The smallest absolute Gasteiger partial charge is 0.336 e. The van der Waals surface area contributed by atoms with Crippen LogP contribution in [-0.2, 0) is 23.3 Å². The predicted molar refractivity (Wildman–Crippen MR) is 79.3 cm³/mol. The highest BCUT2D eigenvalue weighted by atomic mass is 32.2. The minimum atomic E-state index is -1.23. The second kappa shape index (κ2) is 6.59. The van der Waals surface area contributed by atoms with Crippen LogP contribution < -0.4 is 0 Å². The third kappa shape index (κ3) is 3.40. The Labute approximate surface area is 121 Å². The van der Waals surface area contributed by atoms with Crippen LogP contribution in [0.3, 0.4) is 0 Å². The van der Waals surface area contributed by atoms with E-state index in [1.807, 2.05) is 31.2 Å². The molecule has 0 spiro atoms. The molecule has 0 saturated carbocycles. The summed E-state index contributed by atoms with van der Waals surface area (Å²) in [4.78, 5) is 12.0. The van der Waals surface area contributed by atoms with Gasteiger partial charge >= 0.3 is 5.97 Å². The summed E-state index contributed by atoms with van der Waals surface area (Å²) in [6, 6.07) is 14.4. The minimum absolute atomic E-state index is 0.218. The van der Waals surface area contributed by atoms with E-state index in [4.69, 9.17) is 0 Å². The second-order valence-electron chi connectivity index (χ2n) is 4.45. The van der Waals surface area contributed by atoms with Gasteiger partial charge in [-0.1, -0.05) is 37.3 Å². The lowest BCUT2D eigenvalue weighted by atomic mass is 10.0. The van der Waals surface area contributed by atoms with Crippen molar-refractivity contribution in [3.63, 3.8) is 0 Å².